The Kier molecular flexibility index (Phi) is 5.83. The van der Waals surface area contributed by atoms with E-state index >= 15 is 0 Å². The number of rotatable bonds is 7. The van der Waals surface area contributed by atoms with Crippen molar-refractivity contribution in [3.63, 3.8) is 0 Å². The third-order valence-electron chi connectivity index (χ3n) is 3.61. The van der Waals surface area contributed by atoms with E-state index < -0.39 is 0 Å². The highest BCUT2D eigenvalue weighted by Crippen LogP contribution is 2.26. The second kappa shape index (κ2) is 7.62. The van der Waals surface area contributed by atoms with E-state index in [-0.39, 0.29) is 6.04 Å². The Hall–Kier alpha value is -1.32. The van der Waals surface area contributed by atoms with Gasteiger partial charge in [-0.05, 0) is 49.6 Å². The Balaban J connectivity index is 2.39. The largest absolute Gasteiger partial charge is 0.333 e. The van der Waals surface area contributed by atoms with E-state index in [0.29, 0.717) is 0 Å². The number of imidazole rings is 1. The zero-order chi connectivity index (χ0) is 15.2. The van der Waals surface area contributed by atoms with Gasteiger partial charge in [0.2, 0.25) is 0 Å². The monoisotopic (exact) mass is 305 g/mol. The first-order chi connectivity index (χ1) is 10.2. The van der Waals surface area contributed by atoms with E-state index in [0.717, 1.165) is 36.8 Å². The molecule has 1 unspecified atom stereocenters. The van der Waals surface area contributed by atoms with Crippen LogP contribution < -0.4 is 5.32 Å². The van der Waals surface area contributed by atoms with Gasteiger partial charge in [0.1, 0.15) is 5.82 Å². The second-order valence-corrected chi connectivity index (χ2v) is 5.80. The average molecular weight is 306 g/mol. The van der Waals surface area contributed by atoms with Crippen molar-refractivity contribution < 1.29 is 0 Å². The first-order valence-electron chi connectivity index (χ1n) is 7.67. The molecule has 0 spiro atoms. The Morgan fingerprint density at radius 3 is 2.76 bits per heavy atom. The van der Waals surface area contributed by atoms with Crippen LogP contribution in [0.15, 0.2) is 30.6 Å². The van der Waals surface area contributed by atoms with Gasteiger partial charge in [-0.1, -0.05) is 31.5 Å². The molecule has 0 saturated heterocycles. The van der Waals surface area contributed by atoms with Crippen LogP contribution in [0.2, 0.25) is 5.02 Å². The topological polar surface area (TPSA) is 29.9 Å². The highest BCUT2D eigenvalue weighted by atomic mass is 35.5. The molecular formula is C17H24ClN3. The van der Waals surface area contributed by atoms with Gasteiger partial charge in [0.05, 0.1) is 6.04 Å². The van der Waals surface area contributed by atoms with Crippen LogP contribution in [-0.2, 0) is 6.54 Å². The number of benzene rings is 1. The van der Waals surface area contributed by atoms with Crippen LogP contribution in [-0.4, -0.2) is 16.1 Å². The summed E-state index contributed by atoms with van der Waals surface area (Å²) in [4.78, 5) is 4.60. The zero-order valence-electron chi connectivity index (χ0n) is 13.1. The minimum Gasteiger partial charge on any atom is -0.333 e. The fourth-order valence-electron chi connectivity index (χ4n) is 2.60. The highest BCUT2D eigenvalue weighted by Gasteiger charge is 2.20. The van der Waals surface area contributed by atoms with E-state index in [1.54, 1.807) is 0 Å². The molecule has 0 amide bonds. The van der Waals surface area contributed by atoms with Crippen LogP contribution in [0.25, 0.3) is 0 Å². The van der Waals surface area contributed by atoms with Gasteiger partial charge < -0.3 is 9.88 Å². The molecule has 0 radical (unpaired) electrons. The number of aryl methyl sites for hydroxylation is 2. The Labute approximate surface area is 132 Å². The number of aromatic nitrogens is 2. The van der Waals surface area contributed by atoms with Gasteiger partial charge >= 0.3 is 0 Å². The van der Waals surface area contributed by atoms with Crippen molar-refractivity contribution in [2.75, 3.05) is 6.54 Å². The predicted octanol–water partition coefficient (Wildman–Crippen LogP) is 4.34. The number of halogens is 1. The van der Waals surface area contributed by atoms with Crippen LogP contribution in [0, 0.1) is 6.92 Å². The molecule has 1 N–H and O–H groups in total. The lowest BCUT2D eigenvalue weighted by molar-refractivity contribution is 0.528. The van der Waals surface area contributed by atoms with Crippen LogP contribution in [0.5, 0.6) is 0 Å². The number of nitrogens with one attached hydrogen (secondary N) is 1. The van der Waals surface area contributed by atoms with E-state index in [4.69, 9.17) is 11.6 Å². The lowest BCUT2D eigenvalue weighted by atomic mass is 10.0. The fraction of sp³-hybridized carbons (Fsp3) is 0.471. The van der Waals surface area contributed by atoms with Crippen molar-refractivity contribution in [2.24, 2.45) is 0 Å². The number of hydrogen-bond acceptors (Lipinski definition) is 2. The van der Waals surface area contributed by atoms with Gasteiger partial charge in [-0.15, -0.1) is 0 Å². The van der Waals surface area contributed by atoms with Gasteiger partial charge in [0, 0.05) is 24.0 Å². The summed E-state index contributed by atoms with van der Waals surface area (Å²) in [6.45, 7) is 8.43. The standard InChI is InChI=1S/C17H24ClN3/c1-4-8-19-16(15-7-6-14(18)12-13(15)3)17-20-9-11-21(17)10-5-2/h6-7,9,11-12,16,19H,4-5,8,10H2,1-3H3. The third kappa shape index (κ3) is 3.86. The summed E-state index contributed by atoms with van der Waals surface area (Å²) in [5.41, 5.74) is 2.44. The van der Waals surface area contributed by atoms with Gasteiger partial charge in [0.15, 0.2) is 0 Å². The van der Waals surface area contributed by atoms with Crippen LogP contribution in [0.1, 0.15) is 49.7 Å². The summed E-state index contributed by atoms with van der Waals surface area (Å²) in [5.74, 6) is 1.08. The maximum Gasteiger partial charge on any atom is 0.130 e. The first kappa shape index (κ1) is 16.1. The van der Waals surface area contributed by atoms with Gasteiger partial charge in [-0.2, -0.15) is 0 Å². The minimum atomic E-state index is 0.115. The summed E-state index contributed by atoms with van der Waals surface area (Å²) in [5, 5.41) is 4.40. The van der Waals surface area contributed by atoms with E-state index in [9.17, 15) is 0 Å². The molecule has 2 rings (SSSR count). The van der Waals surface area contributed by atoms with Crippen LogP contribution in [0.3, 0.4) is 0 Å². The van der Waals surface area contributed by atoms with Gasteiger partial charge in [0.25, 0.3) is 0 Å². The van der Waals surface area contributed by atoms with Crippen molar-refractivity contribution in [3.8, 4) is 0 Å². The van der Waals surface area contributed by atoms with Crippen molar-refractivity contribution in [2.45, 2.75) is 46.2 Å². The summed E-state index contributed by atoms with van der Waals surface area (Å²) in [6.07, 6.45) is 6.14. The first-order valence-corrected chi connectivity index (χ1v) is 8.05. The van der Waals surface area contributed by atoms with Crippen LogP contribution >= 0.6 is 11.6 Å². The molecule has 2 aromatic rings. The molecular weight excluding hydrogens is 282 g/mol. The highest BCUT2D eigenvalue weighted by molar-refractivity contribution is 6.30. The normalized spacial score (nSPS) is 12.6. The Morgan fingerprint density at radius 1 is 1.29 bits per heavy atom. The molecule has 1 aromatic carbocycles. The predicted molar refractivity (Wildman–Crippen MR) is 88.8 cm³/mol. The molecule has 0 aliphatic heterocycles. The fourth-order valence-corrected chi connectivity index (χ4v) is 2.83. The van der Waals surface area contributed by atoms with Crippen LogP contribution in [0.4, 0.5) is 0 Å². The van der Waals surface area contributed by atoms with Gasteiger partial charge in [-0.3, -0.25) is 0 Å². The maximum atomic E-state index is 6.09. The minimum absolute atomic E-state index is 0.115. The molecule has 21 heavy (non-hydrogen) atoms. The van der Waals surface area contributed by atoms with Crippen molar-refractivity contribution in [1.82, 2.24) is 14.9 Å². The second-order valence-electron chi connectivity index (χ2n) is 5.37. The molecule has 1 aromatic heterocycles. The molecule has 0 fully saturated rings. The quantitative estimate of drug-likeness (QED) is 0.824. The summed E-state index contributed by atoms with van der Waals surface area (Å²) < 4.78 is 2.24. The lowest BCUT2D eigenvalue weighted by Crippen LogP contribution is -2.27. The van der Waals surface area contributed by atoms with E-state index in [1.807, 2.05) is 18.3 Å². The Morgan fingerprint density at radius 2 is 2.10 bits per heavy atom. The summed E-state index contributed by atoms with van der Waals surface area (Å²) in [7, 11) is 0. The molecule has 0 aliphatic rings. The molecule has 0 saturated carbocycles. The lowest BCUT2D eigenvalue weighted by Gasteiger charge is -2.22. The molecule has 1 heterocycles. The van der Waals surface area contributed by atoms with E-state index in [1.165, 1.54) is 11.1 Å². The molecule has 0 bridgehead atoms. The van der Waals surface area contributed by atoms with Crippen molar-refractivity contribution in [1.29, 1.82) is 0 Å². The molecule has 3 nitrogen and oxygen atoms in total. The van der Waals surface area contributed by atoms with Crippen molar-refractivity contribution >= 4 is 11.6 Å². The smallest absolute Gasteiger partial charge is 0.130 e. The molecule has 0 aliphatic carbocycles. The summed E-state index contributed by atoms with van der Waals surface area (Å²) in [6, 6.07) is 6.20. The van der Waals surface area contributed by atoms with Gasteiger partial charge in [-0.25, -0.2) is 4.98 Å². The van der Waals surface area contributed by atoms with E-state index in [2.05, 4.69) is 47.9 Å². The average Bonchev–Trinajstić information content (AvgIpc) is 2.90. The summed E-state index contributed by atoms with van der Waals surface area (Å²) >= 11 is 6.09. The van der Waals surface area contributed by atoms with Crippen molar-refractivity contribution in [3.05, 3.63) is 52.6 Å². The SMILES string of the molecule is CCCNC(c1ccc(Cl)cc1C)c1nccn1CCC. The number of nitrogens with zero attached hydrogens (tertiary/aromatic N) is 2. The Bertz CT molecular complexity index is 577. The zero-order valence-corrected chi connectivity index (χ0v) is 13.8. The maximum absolute atomic E-state index is 6.09. The molecule has 4 heteroatoms. The molecule has 1 atom stereocenters. The molecule has 114 valence electrons. The third-order valence-corrected chi connectivity index (χ3v) is 3.85. The number of hydrogen-bond donors (Lipinski definition) is 1.